The van der Waals surface area contributed by atoms with Crippen molar-refractivity contribution in [2.24, 2.45) is 0 Å². The van der Waals surface area contributed by atoms with Crippen molar-refractivity contribution >= 4 is 5.91 Å². The van der Waals surface area contributed by atoms with E-state index in [1.165, 1.54) is 9.58 Å². The van der Waals surface area contributed by atoms with Gasteiger partial charge in [0.15, 0.2) is 11.4 Å². The number of benzene rings is 2. The summed E-state index contributed by atoms with van der Waals surface area (Å²) in [5.74, 6) is -0.463. The van der Waals surface area contributed by atoms with Gasteiger partial charge in [0, 0.05) is 19.5 Å². The molecule has 2 aromatic carbocycles. The van der Waals surface area contributed by atoms with E-state index in [-0.39, 0.29) is 25.1 Å². The van der Waals surface area contributed by atoms with Crippen LogP contribution < -0.4 is 10.2 Å². The molecule has 0 fully saturated rings. The molecule has 0 spiro atoms. The molecule has 0 saturated carbocycles. The number of methoxy groups -OCH3 is 1. The largest absolute Gasteiger partial charge is 0.502 e. The van der Waals surface area contributed by atoms with Crippen molar-refractivity contribution in [3.63, 3.8) is 0 Å². The van der Waals surface area contributed by atoms with Gasteiger partial charge in [-0.1, -0.05) is 49.9 Å². The summed E-state index contributed by atoms with van der Waals surface area (Å²) in [7, 11) is 3.27. The third kappa shape index (κ3) is 3.54. The highest BCUT2D eigenvalue weighted by atomic mass is 16.5. The highest BCUT2D eigenvalue weighted by Gasteiger charge is 2.38. The number of fused-ring (bicyclic) bond motifs is 1. The number of carbonyl (C=O) groups excluding carboxylic acids is 1. The van der Waals surface area contributed by atoms with Crippen molar-refractivity contribution in [2.45, 2.75) is 19.4 Å². The minimum Gasteiger partial charge on any atom is -0.502 e. The standard InChI is InChI=1S/C22H21N3O4.CH4/c1-24-13-17(25-20(22(24)28)21(27)18(26)12-23-25)19(14-7-4-3-5-8-14)15-9-6-10-16(11-15)29-2;/h3-12,17,19,27H,13H2,1-2H3;1H4. The molecule has 30 heavy (non-hydrogen) atoms. The van der Waals surface area contributed by atoms with Gasteiger partial charge in [0.2, 0.25) is 5.43 Å². The molecule has 7 nitrogen and oxygen atoms in total. The topological polar surface area (TPSA) is 84.7 Å². The summed E-state index contributed by atoms with van der Waals surface area (Å²) in [6, 6.07) is 17.3. The number of hydrogen-bond donors (Lipinski definition) is 1. The number of rotatable bonds is 4. The molecule has 156 valence electrons. The van der Waals surface area contributed by atoms with Gasteiger partial charge in [0.1, 0.15) is 5.75 Å². The Hall–Kier alpha value is -3.61. The number of amides is 1. The zero-order chi connectivity index (χ0) is 20.5. The molecule has 2 unspecified atom stereocenters. The summed E-state index contributed by atoms with van der Waals surface area (Å²) in [6.45, 7) is 0.373. The number of aromatic hydroxyl groups is 1. The number of likely N-dealkylation sites (N-methyl/N-ethyl adjacent to an activating group) is 1. The normalized spacial score (nSPS) is 16.4. The van der Waals surface area contributed by atoms with Crippen LogP contribution in [-0.4, -0.2) is 46.4 Å². The number of aromatic nitrogens is 2. The van der Waals surface area contributed by atoms with Crippen LogP contribution in [0.3, 0.4) is 0 Å². The van der Waals surface area contributed by atoms with Gasteiger partial charge >= 0.3 is 0 Å². The molecular formula is C23H25N3O4. The van der Waals surface area contributed by atoms with Gasteiger partial charge in [-0.15, -0.1) is 0 Å². The van der Waals surface area contributed by atoms with Gasteiger partial charge in [-0.25, -0.2) is 0 Å². The summed E-state index contributed by atoms with van der Waals surface area (Å²) < 4.78 is 6.88. The lowest BCUT2D eigenvalue weighted by Crippen LogP contribution is -2.45. The summed E-state index contributed by atoms with van der Waals surface area (Å²) in [5, 5.41) is 14.5. The van der Waals surface area contributed by atoms with E-state index in [4.69, 9.17) is 4.74 Å². The van der Waals surface area contributed by atoms with Gasteiger partial charge in [-0.3, -0.25) is 14.3 Å². The molecule has 0 bridgehead atoms. The van der Waals surface area contributed by atoms with E-state index in [2.05, 4.69) is 5.10 Å². The van der Waals surface area contributed by atoms with E-state index in [0.29, 0.717) is 6.54 Å². The van der Waals surface area contributed by atoms with Crippen molar-refractivity contribution in [3.05, 3.63) is 87.8 Å². The van der Waals surface area contributed by atoms with E-state index < -0.39 is 17.1 Å². The Kier molecular flexibility index (Phi) is 5.91. The SMILES string of the molecule is C.COc1cccc(C(c2ccccc2)C2CN(C)C(=O)c3c(O)c(=O)cnn32)c1. The summed E-state index contributed by atoms with van der Waals surface area (Å²) in [6.07, 6.45) is 1.05. The molecule has 0 aliphatic carbocycles. The Labute approximate surface area is 175 Å². The van der Waals surface area contributed by atoms with Crippen LogP contribution in [0.4, 0.5) is 0 Å². The molecule has 1 amide bonds. The van der Waals surface area contributed by atoms with E-state index in [1.807, 2.05) is 54.6 Å². The van der Waals surface area contributed by atoms with E-state index in [1.54, 1.807) is 14.2 Å². The fourth-order valence-corrected chi connectivity index (χ4v) is 3.91. The van der Waals surface area contributed by atoms with Gasteiger partial charge in [-0.2, -0.15) is 5.10 Å². The van der Waals surface area contributed by atoms with Gasteiger partial charge in [-0.05, 0) is 23.3 Å². The molecule has 0 saturated heterocycles. The third-order valence-electron chi connectivity index (χ3n) is 5.31. The molecule has 2 atom stereocenters. The molecule has 1 aliphatic heterocycles. The zero-order valence-electron chi connectivity index (χ0n) is 16.1. The molecule has 4 rings (SSSR count). The first-order valence-electron chi connectivity index (χ1n) is 9.26. The molecule has 7 heteroatoms. The van der Waals surface area contributed by atoms with Crippen molar-refractivity contribution in [1.29, 1.82) is 0 Å². The van der Waals surface area contributed by atoms with Crippen molar-refractivity contribution in [3.8, 4) is 11.5 Å². The predicted molar refractivity (Wildman–Crippen MR) is 114 cm³/mol. The monoisotopic (exact) mass is 407 g/mol. The highest BCUT2D eigenvalue weighted by Crippen LogP contribution is 2.39. The second-order valence-corrected chi connectivity index (χ2v) is 7.07. The van der Waals surface area contributed by atoms with Crippen LogP contribution in [0, 0.1) is 0 Å². The average molecular weight is 407 g/mol. The smallest absolute Gasteiger partial charge is 0.275 e. The van der Waals surface area contributed by atoms with Crippen LogP contribution >= 0.6 is 0 Å². The predicted octanol–water partition coefficient (Wildman–Crippen LogP) is 3.05. The number of ether oxygens (including phenoxy) is 1. The minimum atomic E-state index is -0.670. The number of carbonyl (C=O) groups is 1. The minimum absolute atomic E-state index is 0. The highest BCUT2D eigenvalue weighted by molar-refractivity contribution is 5.95. The van der Waals surface area contributed by atoms with Crippen LogP contribution in [0.1, 0.15) is 41.0 Å². The van der Waals surface area contributed by atoms with Crippen LogP contribution in [0.5, 0.6) is 11.5 Å². The average Bonchev–Trinajstić information content (AvgIpc) is 2.75. The second-order valence-electron chi connectivity index (χ2n) is 7.07. The fourth-order valence-electron chi connectivity index (χ4n) is 3.91. The van der Waals surface area contributed by atoms with Crippen LogP contribution in [0.2, 0.25) is 0 Å². The van der Waals surface area contributed by atoms with E-state index in [9.17, 15) is 14.7 Å². The molecular weight excluding hydrogens is 382 g/mol. The first-order chi connectivity index (χ1) is 14.0. The summed E-state index contributed by atoms with van der Waals surface area (Å²) in [4.78, 5) is 26.1. The van der Waals surface area contributed by atoms with Crippen molar-refractivity contribution in [1.82, 2.24) is 14.7 Å². The fraction of sp³-hybridized carbons (Fsp3) is 0.261. The Balaban J connectivity index is 0.00000256. The quantitative estimate of drug-likeness (QED) is 0.719. The van der Waals surface area contributed by atoms with Crippen molar-refractivity contribution < 1.29 is 14.6 Å². The second kappa shape index (κ2) is 8.41. The molecule has 2 heterocycles. The Bertz CT molecular complexity index is 1110. The zero-order valence-corrected chi connectivity index (χ0v) is 16.1. The molecule has 3 aromatic rings. The molecule has 1 aliphatic rings. The Morgan fingerprint density at radius 3 is 2.50 bits per heavy atom. The lowest BCUT2D eigenvalue weighted by atomic mass is 9.83. The van der Waals surface area contributed by atoms with Crippen LogP contribution in [-0.2, 0) is 0 Å². The van der Waals surface area contributed by atoms with Crippen LogP contribution in [0.25, 0.3) is 0 Å². The Morgan fingerprint density at radius 2 is 1.80 bits per heavy atom. The summed E-state index contributed by atoms with van der Waals surface area (Å²) >= 11 is 0. The van der Waals surface area contributed by atoms with E-state index >= 15 is 0 Å². The maximum absolute atomic E-state index is 12.7. The van der Waals surface area contributed by atoms with Gasteiger partial charge in [0.25, 0.3) is 5.91 Å². The Morgan fingerprint density at radius 1 is 1.10 bits per heavy atom. The van der Waals surface area contributed by atoms with Crippen LogP contribution in [0.15, 0.2) is 65.6 Å². The van der Waals surface area contributed by atoms with Gasteiger partial charge < -0.3 is 14.7 Å². The van der Waals surface area contributed by atoms with Crippen molar-refractivity contribution in [2.75, 3.05) is 20.7 Å². The third-order valence-corrected chi connectivity index (χ3v) is 5.31. The lowest BCUT2D eigenvalue weighted by molar-refractivity contribution is 0.0686. The first kappa shape index (κ1) is 21.1. The maximum atomic E-state index is 12.7. The molecule has 1 aromatic heterocycles. The number of hydrogen-bond acceptors (Lipinski definition) is 5. The summed E-state index contributed by atoms with van der Waals surface area (Å²) in [5.41, 5.74) is 1.25. The lowest BCUT2D eigenvalue weighted by Gasteiger charge is -2.37. The molecule has 1 N–H and O–H groups in total. The molecule has 0 radical (unpaired) electrons. The maximum Gasteiger partial charge on any atom is 0.275 e. The first-order valence-corrected chi connectivity index (χ1v) is 9.26. The van der Waals surface area contributed by atoms with Gasteiger partial charge in [0.05, 0.1) is 19.3 Å². The number of nitrogens with zero attached hydrogens (tertiary/aromatic N) is 3. The van der Waals surface area contributed by atoms with E-state index in [0.717, 1.165) is 23.1 Å².